The van der Waals surface area contributed by atoms with Crippen LogP contribution >= 0.6 is 11.6 Å². The van der Waals surface area contributed by atoms with Crippen LogP contribution in [0.15, 0.2) is 12.1 Å². The van der Waals surface area contributed by atoms with Crippen LogP contribution in [0.4, 0.5) is 13.2 Å². The highest BCUT2D eigenvalue weighted by Gasteiger charge is 2.39. The minimum absolute atomic E-state index is 0.437. The molecule has 0 aliphatic carbocycles. The first-order valence-electron chi connectivity index (χ1n) is 4.21. The molecule has 0 saturated heterocycles. The molecule has 0 unspecified atom stereocenters. The van der Waals surface area contributed by atoms with Crippen LogP contribution in [0.1, 0.15) is 21.5 Å². The van der Waals surface area contributed by atoms with Crippen molar-refractivity contribution in [2.24, 2.45) is 0 Å². The number of nitrogens with zero attached hydrogens (tertiary/aromatic N) is 1. The SMILES string of the molecule is COC(=O)c1c(C#N)ccc(Cl)c1C(F)(F)F. The van der Waals surface area contributed by atoms with Gasteiger partial charge in [0.1, 0.15) is 6.07 Å². The Balaban J connectivity index is 3.67. The van der Waals surface area contributed by atoms with Gasteiger partial charge in [0.05, 0.1) is 28.8 Å². The minimum atomic E-state index is -4.84. The number of carbonyl (C=O) groups excluding carboxylic acids is 1. The van der Waals surface area contributed by atoms with Crippen LogP contribution in [-0.4, -0.2) is 13.1 Å². The number of methoxy groups -OCH3 is 1. The van der Waals surface area contributed by atoms with Gasteiger partial charge in [0.25, 0.3) is 0 Å². The first-order chi connectivity index (χ1) is 7.82. The van der Waals surface area contributed by atoms with E-state index in [1.165, 1.54) is 6.07 Å². The smallest absolute Gasteiger partial charge is 0.418 e. The lowest BCUT2D eigenvalue weighted by molar-refractivity contribution is -0.138. The molecule has 0 radical (unpaired) electrons. The lowest BCUT2D eigenvalue weighted by Crippen LogP contribution is -2.16. The zero-order valence-electron chi connectivity index (χ0n) is 8.43. The number of halogens is 4. The van der Waals surface area contributed by atoms with Crippen molar-refractivity contribution >= 4 is 17.6 Å². The number of alkyl halides is 3. The predicted octanol–water partition coefficient (Wildman–Crippen LogP) is 3.02. The number of hydrogen-bond acceptors (Lipinski definition) is 3. The zero-order valence-corrected chi connectivity index (χ0v) is 9.19. The standard InChI is InChI=1S/C10H5ClF3NO2/c1-17-9(16)7-5(4-15)2-3-6(11)8(7)10(12,13)14/h2-3H,1H3. The fourth-order valence-corrected chi connectivity index (χ4v) is 1.53. The molecule has 3 nitrogen and oxygen atoms in total. The lowest BCUT2D eigenvalue weighted by atomic mass is 10.0. The molecule has 1 aromatic carbocycles. The molecule has 1 aromatic rings. The summed E-state index contributed by atoms with van der Waals surface area (Å²) in [7, 11) is 0.921. The van der Waals surface area contributed by atoms with Crippen LogP contribution in [0.3, 0.4) is 0 Å². The molecule has 1 rings (SSSR count). The molecule has 0 fully saturated rings. The van der Waals surface area contributed by atoms with Gasteiger partial charge in [0, 0.05) is 0 Å². The normalized spacial score (nSPS) is 10.8. The third-order valence-corrected chi connectivity index (χ3v) is 2.26. The van der Waals surface area contributed by atoms with Gasteiger partial charge in [-0.05, 0) is 12.1 Å². The van der Waals surface area contributed by atoms with Gasteiger partial charge in [-0.15, -0.1) is 0 Å². The maximum atomic E-state index is 12.7. The highest BCUT2D eigenvalue weighted by Crippen LogP contribution is 2.38. The van der Waals surface area contributed by atoms with Crippen molar-refractivity contribution in [2.75, 3.05) is 7.11 Å². The molecule has 0 N–H and O–H groups in total. The van der Waals surface area contributed by atoms with Gasteiger partial charge in [0.15, 0.2) is 0 Å². The predicted molar refractivity (Wildman–Crippen MR) is 52.5 cm³/mol. The van der Waals surface area contributed by atoms with Crippen LogP contribution in [0.5, 0.6) is 0 Å². The zero-order chi connectivity index (χ0) is 13.2. The Morgan fingerprint density at radius 2 is 2.06 bits per heavy atom. The molecule has 0 aliphatic heterocycles. The van der Waals surface area contributed by atoms with E-state index in [2.05, 4.69) is 4.74 Å². The average Bonchev–Trinajstić information content (AvgIpc) is 2.25. The lowest BCUT2D eigenvalue weighted by Gasteiger charge is -2.14. The molecular weight excluding hydrogens is 259 g/mol. The molecular formula is C10H5ClF3NO2. The van der Waals surface area contributed by atoms with E-state index in [1.54, 1.807) is 0 Å². The Bertz CT molecular complexity index is 505. The summed E-state index contributed by atoms with van der Waals surface area (Å²) in [6.45, 7) is 0. The van der Waals surface area contributed by atoms with Gasteiger partial charge in [-0.25, -0.2) is 4.79 Å². The van der Waals surface area contributed by atoms with E-state index in [4.69, 9.17) is 16.9 Å². The fourth-order valence-electron chi connectivity index (χ4n) is 1.26. The van der Waals surface area contributed by atoms with Crippen molar-refractivity contribution in [1.29, 1.82) is 5.26 Å². The topological polar surface area (TPSA) is 50.1 Å². The number of ether oxygens (including phenoxy) is 1. The summed E-state index contributed by atoms with van der Waals surface area (Å²) >= 11 is 5.41. The molecule has 0 aliphatic rings. The molecule has 0 saturated carbocycles. The quantitative estimate of drug-likeness (QED) is 0.732. The molecule has 0 aromatic heterocycles. The largest absolute Gasteiger partial charge is 0.465 e. The van der Waals surface area contributed by atoms with Crippen LogP contribution in [0, 0.1) is 11.3 Å². The van der Waals surface area contributed by atoms with Gasteiger partial charge in [0.2, 0.25) is 0 Å². The Hall–Kier alpha value is -1.74. The number of rotatable bonds is 1. The van der Waals surface area contributed by atoms with E-state index in [0.29, 0.717) is 0 Å². The minimum Gasteiger partial charge on any atom is -0.465 e. The van der Waals surface area contributed by atoms with Crippen LogP contribution in [0.25, 0.3) is 0 Å². The maximum absolute atomic E-state index is 12.7. The molecule has 0 heterocycles. The third-order valence-electron chi connectivity index (χ3n) is 1.95. The summed E-state index contributed by atoms with van der Waals surface area (Å²) in [4.78, 5) is 11.3. The van der Waals surface area contributed by atoms with Crippen molar-refractivity contribution in [3.05, 3.63) is 33.8 Å². The third kappa shape index (κ3) is 2.50. The van der Waals surface area contributed by atoms with E-state index in [1.807, 2.05) is 0 Å². The Kier molecular flexibility index (Phi) is 3.63. The first-order valence-corrected chi connectivity index (χ1v) is 4.58. The van der Waals surface area contributed by atoms with Crippen LogP contribution < -0.4 is 0 Å². The second-order valence-corrected chi connectivity index (χ2v) is 3.35. The van der Waals surface area contributed by atoms with Crippen molar-refractivity contribution in [3.8, 4) is 6.07 Å². The first kappa shape index (κ1) is 13.3. The summed E-state index contributed by atoms with van der Waals surface area (Å²) < 4.78 is 42.4. The molecule has 7 heteroatoms. The molecule has 17 heavy (non-hydrogen) atoms. The van der Waals surface area contributed by atoms with Gasteiger partial charge in [-0.3, -0.25) is 0 Å². The van der Waals surface area contributed by atoms with Gasteiger partial charge < -0.3 is 4.74 Å². The molecule has 0 bridgehead atoms. The van der Waals surface area contributed by atoms with Crippen molar-refractivity contribution in [3.63, 3.8) is 0 Å². The monoisotopic (exact) mass is 263 g/mol. The van der Waals surface area contributed by atoms with Gasteiger partial charge >= 0.3 is 12.1 Å². The molecule has 90 valence electrons. The average molecular weight is 264 g/mol. The number of nitriles is 1. The second-order valence-electron chi connectivity index (χ2n) is 2.95. The number of esters is 1. The number of benzene rings is 1. The Morgan fingerprint density at radius 1 is 1.47 bits per heavy atom. The van der Waals surface area contributed by atoms with Gasteiger partial charge in [-0.2, -0.15) is 18.4 Å². The summed E-state index contributed by atoms with van der Waals surface area (Å²) in [5.74, 6) is -1.25. The van der Waals surface area contributed by atoms with E-state index >= 15 is 0 Å². The highest BCUT2D eigenvalue weighted by atomic mass is 35.5. The summed E-state index contributed by atoms with van der Waals surface area (Å²) in [6.07, 6.45) is -4.84. The van der Waals surface area contributed by atoms with Crippen molar-refractivity contribution in [1.82, 2.24) is 0 Å². The summed E-state index contributed by atoms with van der Waals surface area (Å²) in [6, 6.07) is 3.43. The van der Waals surface area contributed by atoms with Crippen molar-refractivity contribution < 1.29 is 22.7 Å². The number of carbonyl (C=O) groups is 1. The van der Waals surface area contributed by atoms with E-state index < -0.39 is 33.9 Å². The summed E-state index contributed by atoms with van der Waals surface area (Å²) in [5.41, 5.74) is -2.66. The van der Waals surface area contributed by atoms with Crippen LogP contribution in [0.2, 0.25) is 5.02 Å². The fraction of sp³-hybridized carbons (Fsp3) is 0.200. The summed E-state index contributed by atoms with van der Waals surface area (Å²) in [5, 5.41) is 8.02. The van der Waals surface area contributed by atoms with Gasteiger partial charge in [-0.1, -0.05) is 11.6 Å². The van der Waals surface area contributed by atoms with E-state index in [0.717, 1.165) is 19.2 Å². The molecule has 0 atom stereocenters. The maximum Gasteiger partial charge on any atom is 0.418 e. The van der Waals surface area contributed by atoms with Crippen molar-refractivity contribution in [2.45, 2.75) is 6.18 Å². The molecule has 0 amide bonds. The highest BCUT2D eigenvalue weighted by molar-refractivity contribution is 6.32. The van der Waals surface area contributed by atoms with E-state index in [-0.39, 0.29) is 0 Å². The number of hydrogen-bond donors (Lipinski definition) is 0. The second kappa shape index (κ2) is 4.63. The Labute approximate surface area is 99.4 Å². The Morgan fingerprint density at radius 3 is 2.47 bits per heavy atom. The van der Waals surface area contributed by atoms with E-state index in [9.17, 15) is 18.0 Å². The van der Waals surface area contributed by atoms with Crippen LogP contribution in [-0.2, 0) is 10.9 Å². The molecule has 0 spiro atoms.